The van der Waals surface area contributed by atoms with Crippen LogP contribution in [0.25, 0.3) is 0 Å². The molecule has 9 heteroatoms. The van der Waals surface area contributed by atoms with Crippen LogP contribution in [-0.4, -0.2) is 35.4 Å². The van der Waals surface area contributed by atoms with Crippen LogP contribution in [0.5, 0.6) is 0 Å². The molecule has 1 fully saturated rings. The maximum atomic E-state index is 13.9. The van der Waals surface area contributed by atoms with Gasteiger partial charge in [-0.25, -0.2) is 4.98 Å². The smallest absolute Gasteiger partial charge is 0.419 e. The van der Waals surface area contributed by atoms with Crippen LogP contribution in [0, 0.1) is 0 Å². The monoisotopic (exact) mass is 546 g/mol. The van der Waals surface area contributed by atoms with Crippen LogP contribution in [0.2, 0.25) is 0 Å². The first-order chi connectivity index (χ1) is 19.4. The largest absolute Gasteiger partial charge is 0.437 e. The number of para-hydroxylation sites is 1. The molecule has 206 valence electrons. The molecule has 0 spiro atoms. The van der Waals surface area contributed by atoms with Gasteiger partial charge in [0.15, 0.2) is 5.69 Å². The summed E-state index contributed by atoms with van der Waals surface area (Å²) in [5, 5.41) is 0. The zero-order valence-corrected chi connectivity index (χ0v) is 21.9. The van der Waals surface area contributed by atoms with E-state index in [4.69, 9.17) is 4.42 Å². The van der Waals surface area contributed by atoms with E-state index in [1.165, 1.54) is 5.56 Å². The molecule has 1 saturated heterocycles. The molecule has 40 heavy (non-hydrogen) atoms. The maximum absolute atomic E-state index is 13.9. The molecule has 0 aliphatic carbocycles. The number of aromatic nitrogens is 2. The van der Waals surface area contributed by atoms with Crippen LogP contribution in [0.15, 0.2) is 77.3 Å². The van der Waals surface area contributed by atoms with Crippen molar-refractivity contribution >= 4 is 23.3 Å². The molecule has 0 atom stereocenters. The highest BCUT2D eigenvalue weighted by atomic mass is 19.4. The van der Waals surface area contributed by atoms with Crippen molar-refractivity contribution < 1.29 is 22.4 Å². The Hall–Kier alpha value is -4.14. The summed E-state index contributed by atoms with van der Waals surface area (Å²) >= 11 is 0. The summed E-state index contributed by atoms with van der Waals surface area (Å²) < 4.78 is 47.3. The first kappa shape index (κ1) is 26.1. The van der Waals surface area contributed by atoms with Crippen molar-refractivity contribution in [3.63, 3.8) is 0 Å². The molecule has 0 amide bonds. The molecule has 2 aromatic heterocycles. The number of rotatable bonds is 6. The molecule has 2 aliphatic heterocycles. The lowest BCUT2D eigenvalue weighted by atomic mass is 9.89. The van der Waals surface area contributed by atoms with Gasteiger partial charge in [0.2, 0.25) is 11.5 Å². The first-order valence-corrected chi connectivity index (χ1v) is 13.6. The average Bonchev–Trinajstić information content (AvgIpc) is 3.45. The Labute approximate surface area is 230 Å². The minimum absolute atomic E-state index is 0.213. The number of hydrogen-bond acceptors (Lipinski definition) is 6. The zero-order chi connectivity index (χ0) is 27.7. The number of anilines is 3. The Morgan fingerprint density at radius 1 is 0.950 bits per heavy atom. The summed E-state index contributed by atoms with van der Waals surface area (Å²) in [6.45, 7) is 2.18. The molecule has 6 rings (SSSR count). The van der Waals surface area contributed by atoms with E-state index in [2.05, 4.69) is 39.1 Å². The Morgan fingerprint density at radius 2 is 1.70 bits per heavy atom. The van der Waals surface area contributed by atoms with Crippen molar-refractivity contribution in [1.29, 1.82) is 0 Å². The molecule has 0 unspecified atom stereocenters. The van der Waals surface area contributed by atoms with Gasteiger partial charge in [-0.3, -0.25) is 9.69 Å². The van der Waals surface area contributed by atoms with E-state index in [-0.39, 0.29) is 12.4 Å². The molecular formula is C31H29F3N4O2. The minimum atomic E-state index is -4.82. The molecule has 2 aromatic carbocycles. The van der Waals surface area contributed by atoms with E-state index < -0.39 is 23.4 Å². The second-order valence-corrected chi connectivity index (χ2v) is 10.4. The topological polar surface area (TPSA) is 62.5 Å². The van der Waals surface area contributed by atoms with Crippen LogP contribution in [0.4, 0.5) is 30.7 Å². The van der Waals surface area contributed by atoms with Gasteiger partial charge in [-0.1, -0.05) is 54.6 Å². The molecule has 0 saturated carbocycles. The third-order valence-corrected chi connectivity index (χ3v) is 7.74. The second-order valence-electron chi connectivity index (χ2n) is 10.4. The number of carbonyl (C=O) groups excluding carboxylic acids is 1. The van der Waals surface area contributed by atoms with Crippen molar-refractivity contribution in [2.45, 2.75) is 44.2 Å². The summed E-state index contributed by atoms with van der Waals surface area (Å²) in [5.74, 6) is -0.237. The fourth-order valence-corrected chi connectivity index (χ4v) is 5.68. The van der Waals surface area contributed by atoms with Gasteiger partial charge >= 0.3 is 12.2 Å². The standard InChI is InChI=1S/C31H29F3N4O2/c32-31(33,34)29-28(40-30(36-29)38-16-6-10-24-9-4-5-11-25(24)38)26(39)19-21-12-13-27(35-20-21)37-17-14-23(15-18-37)22-7-2-1-3-8-22/h1-5,7-9,11-13,20,23H,6,10,14-19H2. The highest BCUT2D eigenvalue weighted by Crippen LogP contribution is 2.39. The predicted octanol–water partition coefficient (Wildman–Crippen LogP) is 6.98. The predicted molar refractivity (Wildman–Crippen MR) is 146 cm³/mol. The van der Waals surface area contributed by atoms with Crippen molar-refractivity contribution in [2.24, 2.45) is 0 Å². The summed E-state index contributed by atoms with van der Waals surface area (Å²) in [6.07, 6.45) is 0.0594. The van der Waals surface area contributed by atoms with Crippen LogP contribution in [0.1, 0.15) is 58.1 Å². The number of nitrogens with zero attached hydrogens (tertiary/aromatic N) is 4. The molecule has 0 radical (unpaired) electrons. The van der Waals surface area contributed by atoms with E-state index in [0.717, 1.165) is 55.8 Å². The van der Waals surface area contributed by atoms with Crippen molar-refractivity contribution in [1.82, 2.24) is 9.97 Å². The lowest BCUT2D eigenvalue weighted by molar-refractivity contribution is -0.141. The number of hydrogen-bond donors (Lipinski definition) is 0. The Morgan fingerprint density at radius 3 is 2.42 bits per heavy atom. The third kappa shape index (κ3) is 5.33. The van der Waals surface area contributed by atoms with Gasteiger partial charge in [-0.15, -0.1) is 0 Å². The Balaban J connectivity index is 1.16. The van der Waals surface area contributed by atoms with Gasteiger partial charge in [0.1, 0.15) is 5.82 Å². The molecule has 6 nitrogen and oxygen atoms in total. The fourth-order valence-electron chi connectivity index (χ4n) is 5.68. The normalized spacial score (nSPS) is 16.2. The highest BCUT2D eigenvalue weighted by molar-refractivity contribution is 5.96. The van der Waals surface area contributed by atoms with Gasteiger partial charge < -0.3 is 9.32 Å². The molecule has 4 aromatic rings. The van der Waals surface area contributed by atoms with Crippen molar-refractivity contribution in [2.75, 3.05) is 29.4 Å². The number of carbonyl (C=O) groups is 1. The summed E-state index contributed by atoms with van der Waals surface area (Å²) in [7, 11) is 0. The van der Waals surface area contributed by atoms with Gasteiger partial charge in [-0.05, 0) is 60.4 Å². The zero-order valence-electron chi connectivity index (χ0n) is 21.9. The molecule has 0 bridgehead atoms. The molecular weight excluding hydrogens is 517 g/mol. The first-order valence-electron chi connectivity index (χ1n) is 13.6. The number of ketones is 1. The number of halogens is 3. The number of fused-ring (bicyclic) bond motifs is 1. The minimum Gasteiger partial charge on any atom is -0.419 e. The summed E-state index contributed by atoms with van der Waals surface area (Å²) in [6, 6.07) is 21.3. The van der Waals surface area contributed by atoms with Crippen molar-refractivity contribution in [3.8, 4) is 0 Å². The SMILES string of the molecule is O=C(Cc1ccc(N2CCC(c3ccccc3)CC2)nc1)c1oc(N2CCCc3ccccc32)nc1C(F)(F)F. The second kappa shape index (κ2) is 10.8. The number of oxazole rings is 1. The van der Waals surface area contributed by atoms with Crippen LogP contribution < -0.4 is 9.80 Å². The van der Waals surface area contributed by atoms with E-state index in [9.17, 15) is 18.0 Å². The molecule has 0 N–H and O–H groups in total. The third-order valence-electron chi connectivity index (χ3n) is 7.74. The maximum Gasteiger partial charge on any atom is 0.437 e. The number of pyridine rings is 1. The number of aryl methyl sites for hydroxylation is 1. The molecule has 4 heterocycles. The van der Waals surface area contributed by atoms with Gasteiger partial charge in [0.05, 0.1) is 0 Å². The van der Waals surface area contributed by atoms with Gasteiger partial charge in [0, 0.05) is 37.9 Å². The van der Waals surface area contributed by atoms with Crippen LogP contribution in [-0.2, 0) is 19.0 Å². The van der Waals surface area contributed by atoms with E-state index >= 15 is 0 Å². The quantitative estimate of drug-likeness (QED) is 0.243. The average molecular weight is 547 g/mol. The van der Waals surface area contributed by atoms with Gasteiger partial charge in [-0.2, -0.15) is 18.2 Å². The van der Waals surface area contributed by atoms with E-state index in [1.54, 1.807) is 17.2 Å². The lowest BCUT2D eigenvalue weighted by Gasteiger charge is -2.33. The Bertz CT molecular complexity index is 1480. The lowest BCUT2D eigenvalue weighted by Crippen LogP contribution is -2.33. The van der Waals surface area contributed by atoms with E-state index in [0.29, 0.717) is 18.0 Å². The number of alkyl halides is 3. The number of benzene rings is 2. The van der Waals surface area contributed by atoms with Gasteiger partial charge in [0.25, 0.3) is 0 Å². The number of piperidine rings is 1. The number of Topliss-reactive ketones (excluding diaryl/α,β-unsaturated/α-hetero) is 1. The summed E-state index contributed by atoms with van der Waals surface area (Å²) in [5.41, 5.74) is 2.32. The summed E-state index contributed by atoms with van der Waals surface area (Å²) in [4.78, 5) is 25.2. The van der Waals surface area contributed by atoms with Crippen LogP contribution in [0.3, 0.4) is 0 Å². The van der Waals surface area contributed by atoms with Crippen LogP contribution >= 0.6 is 0 Å². The van der Waals surface area contributed by atoms with E-state index in [1.807, 2.05) is 36.4 Å². The Kier molecular flexibility index (Phi) is 7.04. The molecule has 2 aliphatic rings. The fraction of sp³-hybridized carbons (Fsp3) is 0.323. The van der Waals surface area contributed by atoms with Crippen molar-refractivity contribution in [3.05, 3.63) is 101 Å². The highest BCUT2D eigenvalue weighted by Gasteiger charge is 2.42.